The molecule has 0 radical (unpaired) electrons. The van der Waals surface area contributed by atoms with Crippen molar-refractivity contribution in [2.45, 2.75) is 52.1 Å². The predicted molar refractivity (Wildman–Crippen MR) is 75.7 cm³/mol. The molecule has 4 nitrogen and oxygen atoms in total. The summed E-state index contributed by atoms with van der Waals surface area (Å²) in [5, 5.41) is 3.55. The average molecular weight is 255 g/mol. The van der Waals surface area contributed by atoms with Gasteiger partial charge in [-0.2, -0.15) is 0 Å². The van der Waals surface area contributed by atoms with E-state index >= 15 is 0 Å². The van der Waals surface area contributed by atoms with Crippen LogP contribution >= 0.6 is 0 Å². The van der Waals surface area contributed by atoms with Crippen molar-refractivity contribution in [2.24, 2.45) is 0 Å². The van der Waals surface area contributed by atoms with Crippen LogP contribution in [0.4, 0.5) is 0 Å². The minimum atomic E-state index is 0.224. The molecule has 0 aliphatic carbocycles. The third-order valence-electron chi connectivity index (χ3n) is 3.84. The first-order valence-corrected chi connectivity index (χ1v) is 7.26. The molecule has 1 N–H and O–H groups in total. The van der Waals surface area contributed by atoms with Crippen LogP contribution in [0.2, 0.25) is 0 Å². The van der Waals surface area contributed by atoms with E-state index in [1.807, 2.05) is 14.0 Å². The Morgan fingerprint density at radius 2 is 2.11 bits per heavy atom. The first kappa shape index (κ1) is 15.4. The summed E-state index contributed by atoms with van der Waals surface area (Å²) < 4.78 is 0. The zero-order valence-electron chi connectivity index (χ0n) is 12.4. The molecule has 1 heterocycles. The molecule has 0 aromatic carbocycles. The van der Waals surface area contributed by atoms with Crippen molar-refractivity contribution >= 4 is 5.91 Å². The van der Waals surface area contributed by atoms with E-state index in [4.69, 9.17) is 0 Å². The zero-order valence-corrected chi connectivity index (χ0v) is 12.4. The SMILES string of the molecule is CCN(C)C(=O)CN(CC1CCCCN1)C(C)C. The Kier molecular flexibility index (Phi) is 6.65. The zero-order chi connectivity index (χ0) is 13.5. The van der Waals surface area contributed by atoms with Gasteiger partial charge in [0.2, 0.25) is 5.91 Å². The third kappa shape index (κ3) is 4.94. The highest BCUT2D eigenvalue weighted by Gasteiger charge is 2.21. The molecule has 1 amide bonds. The minimum absolute atomic E-state index is 0.224. The number of piperidine rings is 1. The standard InChI is InChI=1S/C14H29N3O/c1-5-16(4)14(18)11-17(12(2)3)10-13-8-6-7-9-15-13/h12-13,15H,5-11H2,1-4H3. The minimum Gasteiger partial charge on any atom is -0.345 e. The fourth-order valence-corrected chi connectivity index (χ4v) is 2.29. The van der Waals surface area contributed by atoms with Gasteiger partial charge in [-0.05, 0) is 40.2 Å². The Bertz CT molecular complexity index is 249. The molecule has 1 aliphatic rings. The van der Waals surface area contributed by atoms with E-state index in [2.05, 4.69) is 24.1 Å². The van der Waals surface area contributed by atoms with Gasteiger partial charge in [-0.1, -0.05) is 6.42 Å². The maximum atomic E-state index is 12.0. The highest BCUT2D eigenvalue weighted by Crippen LogP contribution is 2.10. The molecule has 1 aliphatic heterocycles. The van der Waals surface area contributed by atoms with Gasteiger partial charge in [0.25, 0.3) is 0 Å². The van der Waals surface area contributed by atoms with E-state index in [0.29, 0.717) is 18.6 Å². The Labute approximate surface area is 112 Å². The van der Waals surface area contributed by atoms with Crippen molar-refractivity contribution in [1.29, 1.82) is 0 Å². The van der Waals surface area contributed by atoms with Gasteiger partial charge in [-0.25, -0.2) is 0 Å². The summed E-state index contributed by atoms with van der Waals surface area (Å²) in [5.41, 5.74) is 0. The largest absolute Gasteiger partial charge is 0.345 e. The number of amides is 1. The van der Waals surface area contributed by atoms with Crippen LogP contribution in [-0.2, 0) is 4.79 Å². The van der Waals surface area contributed by atoms with Gasteiger partial charge in [0, 0.05) is 32.2 Å². The van der Waals surface area contributed by atoms with Crippen LogP contribution in [0.3, 0.4) is 0 Å². The molecule has 0 bridgehead atoms. The fourth-order valence-electron chi connectivity index (χ4n) is 2.29. The first-order valence-electron chi connectivity index (χ1n) is 7.26. The van der Waals surface area contributed by atoms with Gasteiger partial charge in [0.15, 0.2) is 0 Å². The average Bonchev–Trinajstić information content (AvgIpc) is 2.37. The van der Waals surface area contributed by atoms with E-state index in [-0.39, 0.29) is 5.91 Å². The predicted octanol–water partition coefficient (Wildman–Crippen LogP) is 1.32. The number of hydrogen-bond acceptors (Lipinski definition) is 3. The molecule has 0 aromatic heterocycles. The summed E-state index contributed by atoms with van der Waals surface area (Å²) in [6.07, 6.45) is 3.84. The Hall–Kier alpha value is -0.610. The van der Waals surface area contributed by atoms with Crippen molar-refractivity contribution in [3.8, 4) is 0 Å². The summed E-state index contributed by atoms with van der Waals surface area (Å²) >= 11 is 0. The molecule has 1 rings (SSSR count). The maximum absolute atomic E-state index is 12.0. The second-order valence-electron chi connectivity index (χ2n) is 5.58. The molecular weight excluding hydrogens is 226 g/mol. The molecule has 106 valence electrons. The quantitative estimate of drug-likeness (QED) is 0.777. The number of carbonyl (C=O) groups is 1. The maximum Gasteiger partial charge on any atom is 0.236 e. The second kappa shape index (κ2) is 7.74. The lowest BCUT2D eigenvalue weighted by molar-refractivity contribution is -0.131. The number of hydrogen-bond donors (Lipinski definition) is 1. The monoisotopic (exact) mass is 255 g/mol. The number of nitrogens with one attached hydrogen (secondary N) is 1. The van der Waals surface area contributed by atoms with Crippen molar-refractivity contribution < 1.29 is 4.79 Å². The highest BCUT2D eigenvalue weighted by molar-refractivity contribution is 5.77. The number of carbonyl (C=O) groups excluding carboxylic acids is 1. The summed E-state index contributed by atoms with van der Waals surface area (Å²) in [6.45, 7) is 9.79. The van der Waals surface area contributed by atoms with E-state index in [1.54, 1.807) is 4.90 Å². The number of likely N-dealkylation sites (N-methyl/N-ethyl adjacent to an activating group) is 1. The summed E-state index contributed by atoms with van der Waals surface area (Å²) in [5.74, 6) is 0.224. The van der Waals surface area contributed by atoms with Crippen molar-refractivity contribution in [1.82, 2.24) is 15.1 Å². The molecule has 4 heteroatoms. The molecular formula is C14H29N3O. The van der Waals surface area contributed by atoms with Crippen molar-refractivity contribution in [3.05, 3.63) is 0 Å². The molecule has 18 heavy (non-hydrogen) atoms. The molecule has 0 aromatic rings. The Balaban J connectivity index is 2.46. The molecule has 1 unspecified atom stereocenters. The van der Waals surface area contributed by atoms with E-state index < -0.39 is 0 Å². The van der Waals surface area contributed by atoms with Crippen LogP contribution in [0, 0.1) is 0 Å². The molecule has 1 fully saturated rings. The van der Waals surface area contributed by atoms with Gasteiger partial charge in [0.1, 0.15) is 0 Å². The van der Waals surface area contributed by atoms with Crippen LogP contribution in [0.25, 0.3) is 0 Å². The Morgan fingerprint density at radius 3 is 2.61 bits per heavy atom. The lowest BCUT2D eigenvalue weighted by Gasteiger charge is -2.33. The Morgan fingerprint density at radius 1 is 1.39 bits per heavy atom. The van der Waals surface area contributed by atoms with Crippen LogP contribution in [0.15, 0.2) is 0 Å². The van der Waals surface area contributed by atoms with Crippen LogP contribution in [0.1, 0.15) is 40.0 Å². The van der Waals surface area contributed by atoms with E-state index in [9.17, 15) is 4.79 Å². The van der Waals surface area contributed by atoms with Gasteiger partial charge in [-0.15, -0.1) is 0 Å². The molecule has 1 saturated heterocycles. The van der Waals surface area contributed by atoms with Crippen LogP contribution in [0.5, 0.6) is 0 Å². The summed E-state index contributed by atoms with van der Waals surface area (Å²) in [7, 11) is 1.87. The molecule has 0 saturated carbocycles. The van der Waals surface area contributed by atoms with Crippen LogP contribution in [-0.4, -0.2) is 61.0 Å². The summed E-state index contributed by atoms with van der Waals surface area (Å²) in [4.78, 5) is 16.1. The smallest absolute Gasteiger partial charge is 0.236 e. The topological polar surface area (TPSA) is 35.6 Å². The molecule has 0 spiro atoms. The number of rotatable bonds is 6. The van der Waals surface area contributed by atoms with Crippen molar-refractivity contribution in [3.63, 3.8) is 0 Å². The number of nitrogens with zero attached hydrogens (tertiary/aromatic N) is 2. The van der Waals surface area contributed by atoms with Crippen molar-refractivity contribution in [2.75, 3.05) is 33.2 Å². The molecule has 1 atom stereocenters. The van der Waals surface area contributed by atoms with Gasteiger partial charge in [-0.3, -0.25) is 9.69 Å². The lowest BCUT2D eigenvalue weighted by Crippen LogP contribution is -2.49. The van der Waals surface area contributed by atoms with E-state index in [0.717, 1.165) is 19.6 Å². The summed E-state index contributed by atoms with van der Waals surface area (Å²) in [6, 6.07) is 0.976. The van der Waals surface area contributed by atoms with E-state index in [1.165, 1.54) is 19.3 Å². The van der Waals surface area contributed by atoms with Crippen LogP contribution < -0.4 is 5.32 Å². The lowest BCUT2D eigenvalue weighted by atomic mass is 10.0. The normalized spacial score (nSPS) is 20.4. The van der Waals surface area contributed by atoms with Gasteiger partial charge < -0.3 is 10.2 Å². The fraction of sp³-hybridized carbons (Fsp3) is 0.929. The van der Waals surface area contributed by atoms with Gasteiger partial charge >= 0.3 is 0 Å². The third-order valence-corrected chi connectivity index (χ3v) is 3.84. The highest BCUT2D eigenvalue weighted by atomic mass is 16.2. The second-order valence-corrected chi connectivity index (χ2v) is 5.58. The first-order chi connectivity index (χ1) is 8.54. The van der Waals surface area contributed by atoms with Gasteiger partial charge in [0.05, 0.1) is 6.54 Å².